The van der Waals surface area contributed by atoms with E-state index in [4.69, 9.17) is 0 Å². The van der Waals surface area contributed by atoms with Crippen molar-refractivity contribution in [3.05, 3.63) is 30.1 Å². The van der Waals surface area contributed by atoms with Gasteiger partial charge in [0.15, 0.2) is 5.82 Å². The molecule has 1 atom stereocenters. The Bertz CT molecular complexity index is 858. The lowest BCUT2D eigenvalue weighted by Crippen LogP contribution is -2.31. The third-order valence-corrected chi connectivity index (χ3v) is 6.60. The second kappa shape index (κ2) is 7.84. The minimum atomic E-state index is 0. The highest BCUT2D eigenvalue weighted by Gasteiger charge is 2.57. The van der Waals surface area contributed by atoms with E-state index in [9.17, 15) is 4.79 Å². The molecule has 0 bridgehead atoms. The Morgan fingerprint density at radius 2 is 2.04 bits per heavy atom. The summed E-state index contributed by atoms with van der Waals surface area (Å²) in [6, 6.07) is 8.07. The predicted octanol–water partition coefficient (Wildman–Crippen LogP) is 3.42. The largest absolute Gasteiger partial charge is 0.326 e. The highest BCUT2D eigenvalue weighted by atomic mass is 35.5. The van der Waals surface area contributed by atoms with Crippen LogP contribution in [0.15, 0.2) is 24.3 Å². The van der Waals surface area contributed by atoms with Gasteiger partial charge in [-0.1, -0.05) is 18.6 Å². The van der Waals surface area contributed by atoms with E-state index in [2.05, 4.69) is 31.5 Å². The van der Waals surface area contributed by atoms with Crippen LogP contribution in [0.4, 0.5) is 5.69 Å². The summed E-state index contributed by atoms with van der Waals surface area (Å²) in [7, 11) is 0. The Morgan fingerprint density at radius 1 is 1.18 bits per heavy atom. The molecule has 2 aromatic rings. The van der Waals surface area contributed by atoms with E-state index in [1.54, 1.807) is 0 Å². The molecule has 2 fully saturated rings. The number of anilines is 1. The first-order valence-corrected chi connectivity index (χ1v) is 10.3. The van der Waals surface area contributed by atoms with Crippen LogP contribution in [0.5, 0.6) is 0 Å². The van der Waals surface area contributed by atoms with E-state index in [1.807, 2.05) is 18.2 Å². The van der Waals surface area contributed by atoms with Crippen molar-refractivity contribution in [3.8, 4) is 11.4 Å². The lowest BCUT2D eigenvalue weighted by atomic mass is 9.92. The van der Waals surface area contributed by atoms with Crippen LogP contribution in [0.25, 0.3) is 11.4 Å². The fourth-order valence-corrected chi connectivity index (χ4v) is 4.86. The van der Waals surface area contributed by atoms with Gasteiger partial charge in [-0.3, -0.25) is 4.79 Å². The molecule has 0 radical (unpaired) electrons. The van der Waals surface area contributed by atoms with E-state index in [-0.39, 0.29) is 29.6 Å². The highest BCUT2D eigenvalue weighted by Crippen LogP contribution is 2.58. The van der Waals surface area contributed by atoms with Gasteiger partial charge in [0.05, 0.1) is 0 Å². The Morgan fingerprint density at radius 3 is 2.89 bits per heavy atom. The lowest BCUT2D eigenvalue weighted by molar-refractivity contribution is -0.118. The summed E-state index contributed by atoms with van der Waals surface area (Å²) in [6.07, 6.45) is 7.89. The first-order chi connectivity index (χ1) is 13.3. The Labute approximate surface area is 171 Å². The van der Waals surface area contributed by atoms with E-state index in [1.165, 1.54) is 19.3 Å². The van der Waals surface area contributed by atoms with Gasteiger partial charge in [-0.25, -0.2) is 0 Å². The summed E-state index contributed by atoms with van der Waals surface area (Å²) >= 11 is 0. The molecular weight excluding hydrogens is 374 g/mol. The van der Waals surface area contributed by atoms with Gasteiger partial charge >= 0.3 is 0 Å². The van der Waals surface area contributed by atoms with Crippen LogP contribution in [0.2, 0.25) is 0 Å². The SMILES string of the molecule is Cl.O=C(Nc1cccc(-c2nnc3n2CCCCC3)c1)C1CC12CCNCC2. The van der Waals surface area contributed by atoms with Crippen LogP contribution in [0.3, 0.4) is 0 Å². The van der Waals surface area contributed by atoms with Crippen molar-refractivity contribution in [1.82, 2.24) is 20.1 Å². The first kappa shape index (κ1) is 19.4. The summed E-state index contributed by atoms with van der Waals surface area (Å²) in [6.45, 7) is 3.06. The van der Waals surface area contributed by atoms with E-state index in [0.29, 0.717) is 0 Å². The number of nitrogens with one attached hydrogen (secondary N) is 2. The minimum Gasteiger partial charge on any atom is -0.326 e. The maximum atomic E-state index is 12.8. The summed E-state index contributed by atoms with van der Waals surface area (Å²) in [4.78, 5) is 12.8. The van der Waals surface area contributed by atoms with E-state index in [0.717, 1.165) is 68.2 Å². The smallest absolute Gasteiger partial charge is 0.228 e. The number of halogens is 1. The average Bonchev–Trinajstić information content (AvgIpc) is 3.31. The van der Waals surface area contributed by atoms with Crippen LogP contribution in [-0.4, -0.2) is 33.8 Å². The number of aryl methyl sites for hydroxylation is 1. The van der Waals surface area contributed by atoms with Crippen molar-refractivity contribution in [1.29, 1.82) is 0 Å². The summed E-state index contributed by atoms with van der Waals surface area (Å²) in [5.41, 5.74) is 2.15. The van der Waals surface area contributed by atoms with Crippen LogP contribution in [-0.2, 0) is 17.8 Å². The zero-order chi connectivity index (χ0) is 18.3. The number of rotatable bonds is 3. The third-order valence-electron chi connectivity index (χ3n) is 6.60. The molecule has 28 heavy (non-hydrogen) atoms. The number of amides is 1. The molecule has 2 aliphatic heterocycles. The topological polar surface area (TPSA) is 71.8 Å². The van der Waals surface area contributed by atoms with Gasteiger partial charge in [0.2, 0.25) is 5.91 Å². The fraction of sp³-hybridized carbons (Fsp3) is 0.571. The first-order valence-electron chi connectivity index (χ1n) is 10.3. The van der Waals surface area contributed by atoms with Crippen molar-refractivity contribution >= 4 is 24.0 Å². The number of carbonyl (C=O) groups excluding carboxylic acids is 1. The van der Waals surface area contributed by atoms with E-state index >= 15 is 0 Å². The number of benzene rings is 1. The van der Waals surface area contributed by atoms with Gasteiger partial charge in [-0.15, -0.1) is 22.6 Å². The molecule has 1 saturated carbocycles. The minimum absolute atomic E-state index is 0. The molecule has 2 N–H and O–H groups in total. The second-order valence-electron chi connectivity index (χ2n) is 8.34. The molecule has 1 amide bonds. The quantitative estimate of drug-likeness (QED) is 0.826. The molecule has 7 heteroatoms. The summed E-state index contributed by atoms with van der Waals surface area (Å²) in [5, 5.41) is 15.4. The number of carbonyl (C=O) groups is 1. The Kier molecular flexibility index (Phi) is 5.43. The average molecular weight is 402 g/mol. The maximum Gasteiger partial charge on any atom is 0.228 e. The van der Waals surface area contributed by atoms with Crippen molar-refractivity contribution in [3.63, 3.8) is 0 Å². The molecular formula is C21H28ClN5O. The standard InChI is InChI=1S/C21H27N5O.ClH/c27-20(17-14-21(17)8-10-22-11-9-21)23-16-6-4-5-15(13-16)19-25-24-18-7-2-1-3-12-26(18)19;/h4-6,13,17,22H,1-3,7-12,14H2,(H,23,27);1H. The number of fused-ring (bicyclic) bond motifs is 1. The molecule has 3 heterocycles. The number of hydrogen-bond acceptors (Lipinski definition) is 4. The molecule has 1 unspecified atom stereocenters. The van der Waals surface area contributed by atoms with E-state index < -0.39 is 0 Å². The predicted molar refractivity (Wildman–Crippen MR) is 112 cm³/mol. The molecule has 150 valence electrons. The van der Waals surface area contributed by atoms with Crippen molar-refractivity contribution < 1.29 is 4.79 Å². The fourth-order valence-electron chi connectivity index (χ4n) is 4.86. The van der Waals surface area contributed by atoms with Crippen molar-refractivity contribution in [2.24, 2.45) is 11.3 Å². The molecule has 5 rings (SSSR count). The summed E-state index contributed by atoms with van der Waals surface area (Å²) in [5.74, 6) is 2.36. The van der Waals surface area contributed by atoms with Gasteiger partial charge in [0.25, 0.3) is 0 Å². The van der Waals surface area contributed by atoms with Gasteiger partial charge in [-0.05, 0) is 62.7 Å². The van der Waals surface area contributed by atoms with Crippen LogP contribution in [0.1, 0.15) is 44.3 Å². The van der Waals surface area contributed by atoms with Gasteiger partial charge in [0.1, 0.15) is 5.82 Å². The van der Waals surface area contributed by atoms with Crippen LogP contribution >= 0.6 is 12.4 Å². The third kappa shape index (κ3) is 3.55. The zero-order valence-corrected chi connectivity index (χ0v) is 16.9. The number of aromatic nitrogens is 3. The second-order valence-corrected chi connectivity index (χ2v) is 8.34. The molecule has 1 spiro atoms. The van der Waals surface area contributed by atoms with Crippen LogP contribution in [0, 0.1) is 11.3 Å². The molecule has 1 aliphatic carbocycles. The monoisotopic (exact) mass is 401 g/mol. The Balaban J connectivity index is 0.00000192. The maximum absolute atomic E-state index is 12.8. The number of nitrogens with zero attached hydrogens (tertiary/aromatic N) is 3. The van der Waals surface area contributed by atoms with Gasteiger partial charge < -0.3 is 15.2 Å². The zero-order valence-electron chi connectivity index (χ0n) is 16.1. The highest BCUT2D eigenvalue weighted by molar-refractivity contribution is 5.95. The molecule has 6 nitrogen and oxygen atoms in total. The van der Waals surface area contributed by atoms with Crippen molar-refractivity contribution in [2.75, 3.05) is 18.4 Å². The number of hydrogen-bond donors (Lipinski definition) is 2. The van der Waals surface area contributed by atoms with Crippen LogP contribution < -0.4 is 10.6 Å². The molecule has 1 aromatic carbocycles. The molecule has 3 aliphatic rings. The van der Waals surface area contributed by atoms with Crippen molar-refractivity contribution in [2.45, 2.75) is 51.5 Å². The van der Waals surface area contributed by atoms with Gasteiger partial charge in [-0.2, -0.15) is 0 Å². The Hall–Kier alpha value is -1.92. The lowest BCUT2D eigenvalue weighted by Gasteiger charge is -2.23. The molecule has 1 aromatic heterocycles. The number of piperidine rings is 1. The summed E-state index contributed by atoms with van der Waals surface area (Å²) < 4.78 is 2.25. The normalized spacial score (nSPS) is 22.6. The van der Waals surface area contributed by atoms with Gasteiger partial charge in [0, 0.05) is 30.1 Å². The molecule has 1 saturated heterocycles.